The van der Waals surface area contributed by atoms with E-state index >= 15 is 0 Å². The van der Waals surface area contributed by atoms with Crippen LogP contribution in [0, 0.1) is 5.92 Å². The van der Waals surface area contributed by atoms with E-state index in [1.165, 1.54) is 5.57 Å². The lowest BCUT2D eigenvalue weighted by atomic mass is 9.92. The zero-order chi connectivity index (χ0) is 14.0. The SMILES string of the molecule is COc1ccc(CN2C(=O)CC(C)C(C)=C2C)cc1. The summed E-state index contributed by atoms with van der Waals surface area (Å²) in [5, 5.41) is 0. The van der Waals surface area contributed by atoms with Crippen LogP contribution >= 0.6 is 0 Å². The lowest BCUT2D eigenvalue weighted by Crippen LogP contribution is -2.35. The second-order valence-corrected chi connectivity index (χ2v) is 5.20. The molecule has 0 saturated heterocycles. The highest BCUT2D eigenvalue weighted by atomic mass is 16.5. The van der Waals surface area contributed by atoms with E-state index < -0.39 is 0 Å². The van der Waals surface area contributed by atoms with Gasteiger partial charge in [0.05, 0.1) is 13.7 Å². The Labute approximate surface area is 114 Å². The molecule has 0 saturated carbocycles. The van der Waals surface area contributed by atoms with Gasteiger partial charge in [-0.25, -0.2) is 0 Å². The van der Waals surface area contributed by atoms with E-state index in [1.807, 2.05) is 36.1 Å². The van der Waals surface area contributed by atoms with Crippen molar-refractivity contribution < 1.29 is 9.53 Å². The molecule has 1 aromatic carbocycles. The van der Waals surface area contributed by atoms with Gasteiger partial charge in [0.25, 0.3) is 0 Å². The molecule has 1 unspecified atom stereocenters. The van der Waals surface area contributed by atoms with E-state index in [9.17, 15) is 4.79 Å². The third kappa shape index (κ3) is 2.80. The minimum Gasteiger partial charge on any atom is -0.497 e. The molecule has 1 aliphatic rings. The van der Waals surface area contributed by atoms with Crippen LogP contribution in [-0.2, 0) is 11.3 Å². The molecule has 1 aromatic rings. The third-order valence-electron chi connectivity index (χ3n) is 4.00. The fraction of sp³-hybridized carbons (Fsp3) is 0.438. The van der Waals surface area contributed by atoms with Crippen LogP contribution in [0.4, 0.5) is 0 Å². The fourth-order valence-electron chi connectivity index (χ4n) is 2.40. The maximum atomic E-state index is 12.2. The van der Waals surface area contributed by atoms with Crippen LogP contribution in [0.15, 0.2) is 35.5 Å². The molecule has 0 radical (unpaired) electrons. The molecule has 0 aliphatic carbocycles. The summed E-state index contributed by atoms with van der Waals surface area (Å²) in [7, 11) is 1.65. The predicted molar refractivity (Wildman–Crippen MR) is 75.7 cm³/mol. The van der Waals surface area contributed by atoms with Crippen LogP contribution in [0.1, 0.15) is 32.8 Å². The Hall–Kier alpha value is -1.77. The monoisotopic (exact) mass is 259 g/mol. The zero-order valence-corrected chi connectivity index (χ0v) is 12.1. The number of allylic oxidation sites excluding steroid dienone is 2. The number of nitrogens with zero attached hydrogens (tertiary/aromatic N) is 1. The molecule has 0 N–H and O–H groups in total. The normalized spacial score (nSPS) is 19.9. The van der Waals surface area contributed by atoms with Gasteiger partial charge in [0.1, 0.15) is 5.75 Å². The first-order valence-electron chi connectivity index (χ1n) is 6.63. The summed E-state index contributed by atoms with van der Waals surface area (Å²) in [4.78, 5) is 14.0. The first kappa shape index (κ1) is 13.7. The molecule has 3 heteroatoms. The van der Waals surface area contributed by atoms with Crippen LogP contribution in [0.25, 0.3) is 0 Å². The Bertz CT molecular complexity index is 502. The summed E-state index contributed by atoms with van der Waals surface area (Å²) in [5.74, 6) is 1.41. The summed E-state index contributed by atoms with van der Waals surface area (Å²) in [6, 6.07) is 7.87. The van der Waals surface area contributed by atoms with Crippen LogP contribution < -0.4 is 4.74 Å². The van der Waals surface area contributed by atoms with Gasteiger partial charge in [-0.1, -0.05) is 24.6 Å². The van der Waals surface area contributed by atoms with Gasteiger partial charge in [-0.2, -0.15) is 0 Å². The minimum atomic E-state index is 0.214. The molecule has 1 aliphatic heterocycles. The van der Waals surface area contributed by atoms with Crippen molar-refractivity contribution in [1.82, 2.24) is 4.90 Å². The van der Waals surface area contributed by atoms with E-state index in [0.29, 0.717) is 18.9 Å². The van der Waals surface area contributed by atoms with Crippen molar-refractivity contribution in [3.63, 3.8) is 0 Å². The molecular formula is C16H21NO2. The summed E-state index contributed by atoms with van der Waals surface area (Å²) < 4.78 is 5.14. The lowest BCUT2D eigenvalue weighted by molar-refractivity contribution is -0.131. The zero-order valence-electron chi connectivity index (χ0n) is 12.1. The van der Waals surface area contributed by atoms with Crippen molar-refractivity contribution in [2.45, 2.75) is 33.7 Å². The van der Waals surface area contributed by atoms with Gasteiger partial charge in [-0.15, -0.1) is 0 Å². The lowest BCUT2D eigenvalue weighted by Gasteiger charge is -2.32. The number of ether oxygens (including phenoxy) is 1. The molecule has 0 spiro atoms. The Morgan fingerprint density at radius 3 is 2.47 bits per heavy atom. The van der Waals surface area contributed by atoms with E-state index in [2.05, 4.69) is 13.8 Å². The number of carbonyl (C=O) groups is 1. The van der Waals surface area contributed by atoms with Gasteiger partial charge in [0.2, 0.25) is 5.91 Å². The fourth-order valence-corrected chi connectivity index (χ4v) is 2.40. The van der Waals surface area contributed by atoms with E-state index in [0.717, 1.165) is 17.0 Å². The molecular weight excluding hydrogens is 238 g/mol. The molecule has 19 heavy (non-hydrogen) atoms. The topological polar surface area (TPSA) is 29.5 Å². The maximum absolute atomic E-state index is 12.2. The number of amides is 1. The summed E-state index contributed by atoms with van der Waals surface area (Å²) >= 11 is 0. The third-order valence-corrected chi connectivity index (χ3v) is 4.00. The van der Waals surface area contributed by atoms with Gasteiger partial charge in [-0.3, -0.25) is 4.79 Å². The van der Waals surface area contributed by atoms with Crippen molar-refractivity contribution in [3.8, 4) is 5.75 Å². The van der Waals surface area contributed by atoms with Crippen molar-refractivity contribution in [1.29, 1.82) is 0 Å². The molecule has 1 atom stereocenters. The number of rotatable bonds is 3. The molecule has 102 valence electrons. The Kier molecular flexibility index (Phi) is 3.93. The first-order chi connectivity index (χ1) is 9.02. The standard InChI is InChI=1S/C16H21NO2/c1-11-9-16(18)17(13(3)12(11)2)10-14-5-7-15(19-4)8-6-14/h5-8,11H,9-10H2,1-4H3. The van der Waals surface area contributed by atoms with Crippen molar-refractivity contribution in [2.24, 2.45) is 5.92 Å². The highest BCUT2D eigenvalue weighted by molar-refractivity contribution is 5.80. The summed E-state index contributed by atoms with van der Waals surface area (Å²) in [5.41, 5.74) is 3.53. The quantitative estimate of drug-likeness (QED) is 0.833. The summed E-state index contributed by atoms with van der Waals surface area (Å²) in [6.07, 6.45) is 0.610. The number of hydrogen-bond donors (Lipinski definition) is 0. The van der Waals surface area contributed by atoms with Gasteiger partial charge >= 0.3 is 0 Å². The number of benzene rings is 1. The number of methoxy groups -OCH3 is 1. The van der Waals surface area contributed by atoms with Gasteiger partial charge in [0.15, 0.2) is 0 Å². The first-order valence-corrected chi connectivity index (χ1v) is 6.63. The van der Waals surface area contributed by atoms with Gasteiger partial charge in [0, 0.05) is 12.1 Å². The second kappa shape index (κ2) is 5.47. The molecule has 3 nitrogen and oxygen atoms in total. The second-order valence-electron chi connectivity index (χ2n) is 5.20. The average Bonchev–Trinajstić information content (AvgIpc) is 2.42. The van der Waals surface area contributed by atoms with Crippen molar-refractivity contribution in [2.75, 3.05) is 7.11 Å². The molecule has 0 fully saturated rings. The van der Waals surface area contributed by atoms with Crippen LogP contribution in [0.3, 0.4) is 0 Å². The van der Waals surface area contributed by atoms with Crippen LogP contribution in [0.2, 0.25) is 0 Å². The molecule has 1 amide bonds. The molecule has 0 bridgehead atoms. The average molecular weight is 259 g/mol. The van der Waals surface area contributed by atoms with E-state index in [-0.39, 0.29) is 5.91 Å². The van der Waals surface area contributed by atoms with Gasteiger partial charge < -0.3 is 9.64 Å². The summed E-state index contributed by atoms with van der Waals surface area (Å²) in [6.45, 7) is 6.90. The molecule has 2 rings (SSSR count). The number of carbonyl (C=O) groups excluding carboxylic acids is 1. The number of hydrogen-bond acceptors (Lipinski definition) is 2. The Balaban J connectivity index is 2.19. The van der Waals surface area contributed by atoms with Crippen LogP contribution in [0.5, 0.6) is 5.75 Å². The smallest absolute Gasteiger partial charge is 0.227 e. The highest BCUT2D eigenvalue weighted by Gasteiger charge is 2.26. The van der Waals surface area contributed by atoms with E-state index in [4.69, 9.17) is 4.74 Å². The molecule has 1 heterocycles. The van der Waals surface area contributed by atoms with Crippen molar-refractivity contribution >= 4 is 5.91 Å². The predicted octanol–water partition coefficient (Wildman–Crippen LogP) is 3.36. The Morgan fingerprint density at radius 1 is 1.26 bits per heavy atom. The van der Waals surface area contributed by atoms with Gasteiger partial charge in [-0.05, 0) is 37.5 Å². The molecule has 0 aromatic heterocycles. The largest absolute Gasteiger partial charge is 0.497 e. The van der Waals surface area contributed by atoms with Crippen LogP contribution in [-0.4, -0.2) is 17.9 Å². The van der Waals surface area contributed by atoms with E-state index in [1.54, 1.807) is 7.11 Å². The maximum Gasteiger partial charge on any atom is 0.227 e. The Morgan fingerprint density at radius 2 is 1.89 bits per heavy atom. The van der Waals surface area contributed by atoms with Crippen molar-refractivity contribution in [3.05, 3.63) is 41.1 Å². The highest BCUT2D eigenvalue weighted by Crippen LogP contribution is 2.29. The minimum absolute atomic E-state index is 0.214.